The van der Waals surface area contributed by atoms with Crippen molar-refractivity contribution in [3.05, 3.63) is 45.1 Å². The Labute approximate surface area is 137 Å². The monoisotopic (exact) mass is 341 g/mol. The number of carbonyl (C=O) groups is 1. The highest BCUT2D eigenvalue weighted by molar-refractivity contribution is 7.09. The second kappa shape index (κ2) is 7.67. The van der Waals surface area contributed by atoms with Gasteiger partial charge in [-0.1, -0.05) is 11.6 Å². The Morgan fingerprint density at radius 3 is 2.91 bits per heavy atom. The maximum absolute atomic E-state index is 13.6. The van der Waals surface area contributed by atoms with Crippen LogP contribution in [0.4, 0.5) is 10.1 Å². The SMILES string of the molecule is Cc1nc(CN(C)CCC(=O)Nc2ccc(Cl)cc2F)cs1. The van der Waals surface area contributed by atoms with Crippen molar-refractivity contribution in [2.24, 2.45) is 0 Å². The fourth-order valence-electron chi connectivity index (χ4n) is 1.93. The van der Waals surface area contributed by atoms with E-state index in [1.807, 2.05) is 24.3 Å². The molecule has 1 amide bonds. The summed E-state index contributed by atoms with van der Waals surface area (Å²) in [5.41, 5.74) is 1.14. The summed E-state index contributed by atoms with van der Waals surface area (Å²) >= 11 is 7.28. The van der Waals surface area contributed by atoms with Gasteiger partial charge in [0.25, 0.3) is 0 Å². The molecule has 0 saturated carbocycles. The first-order valence-electron chi connectivity index (χ1n) is 6.78. The number of aryl methyl sites for hydroxylation is 1. The largest absolute Gasteiger partial charge is 0.324 e. The first kappa shape index (κ1) is 16.9. The first-order chi connectivity index (χ1) is 10.4. The standard InChI is InChI=1S/C15H17ClFN3OS/c1-10-18-12(9-22-10)8-20(2)6-5-15(21)19-14-4-3-11(16)7-13(14)17/h3-4,7,9H,5-6,8H2,1-2H3,(H,19,21). The summed E-state index contributed by atoms with van der Waals surface area (Å²) < 4.78 is 13.6. The molecule has 7 heteroatoms. The summed E-state index contributed by atoms with van der Waals surface area (Å²) in [5.74, 6) is -0.769. The minimum Gasteiger partial charge on any atom is -0.324 e. The van der Waals surface area contributed by atoms with Crippen molar-refractivity contribution in [2.45, 2.75) is 19.9 Å². The van der Waals surface area contributed by atoms with Gasteiger partial charge in [0.05, 0.1) is 16.4 Å². The lowest BCUT2D eigenvalue weighted by molar-refractivity contribution is -0.116. The molecule has 0 aliphatic rings. The average molecular weight is 342 g/mol. The molecule has 0 bridgehead atoms. The minimum absolute atomic E-state index is 0.146. The summed E-state index contributed by atoms with van der Waals surface area (Å²) in [7, 11) is 1.92. The molecule has 0 radical (unpaired) electrons. The number of aromatic nitrogens is 1. The van der Waals surface area contributed by atoms with Gasteiger partial charge in [0.1, 0.15) is 5.82 Å². The van der Waals surface area contributed by atoms with E-state index in [1.165, 1.54) is 18.2 Å². The highest BCUT2D eigenvalue weighted by atomic mass is 35.5. The fraction of sp³-hybridized carbons (Fsp3) is 0.333. The van der Waals surface area contributed by atoms with Crippen LogP contribution in [0.3, 0.4) is 0 Å². The molecule has 2 rings (SSSR count). The molecule has 0 aliphatic heterocycles. The molecule has 2 aromatic rings. The van der Waals surface area contributed by atoms with E-state index in [9.17, 15) is 9.18 Å². The quantitative estimate of drug-likeness (QED) is 0.871. The predicted molar refractivity (Wildman–Crippen MR) is 87.8 cm³/mol. The van der Waals surface area contributed by atoms with E-state index < -0.39 is 5.82 Å². The summed E-state index contributed by atoms with van der Waals surface area (Å²) in [5, 5.41) is 5.88. The van der Waals surface area contributed by atoms with Gasteiger partial charge in [-0.2, -0.15) is 0 Å². The zero-order valence-corrected chi connectivity index (χ0v) is 14.0. The number of nitrogens with zero attached hydrogens (tertiary/aromatic N) is 2. The molecule has 1 aromatic carbocycles. The Morgan fingerprint density at radius 2 is 2.27 bits per heavy atom. The fourth-order valence-corrected chi connectivity index (χ4v) is 2.70. The van der Waals surface area contributed by atoms with Crippen LogP contribution in [-0.4, -0.2) is 29.4 Å². The molecule has 0 fully saturated rings. The number of amides is 1. The van der Waals surface area contributed by atoms with Gasteiger partial charge in [0.15, 0.2) is 0 Å². The summed E-state index contributed by atoms with van der Waals surface area (Å²) in [4.78, 5) is 18.2. The normalized spacial score (nSPS) is 11.0. The van der Waals surface area contributed by atoms with Crippen LogP contribution in [0.2, 0.25) is 5.02 Å². The number of thiazole rings is 1. The molecular formula is C15H17ClFN3OS. The van der Waals surface area contributed by atoms with E-state index >= 15 is 0 Å². The third-order valence-corrected chi connectivity index (χ3v) is 4.08. The highest BCUT2D eigenvalue weighted by Crippen LogP contribution is 2.19. The Hall–Kier alpha value is -1.50. The number of carbonyl (C=O) groups excluding carboxylic acids is 1. The van der Waals surface area contributed by atoms with Crippen LogP contribution in [0.1, 0.15) is 17.1 Å². The van der Waals surface area contributed by atoms with Gasteiger partial charge in [0.2, 0.25) is 5.91 Å². The van der Waals surface area contributed by atoms with Crippen LogP contribution in [0.5, 0.6) is 0 Å². The smallest absolute Gasteiger partial charge is 0.225 e. The number of hydrogen-bond acceptors (Lipinski definition) is 4. The second-order valence-corrected chi connectivity index (χ2v) is 6.52. The van der Waals surface area contributed by atoms with Crippen molar-refractivity contribution in [2.75, 3.05) is 18.9 Å². The second-order valence-electron chi connectivity index (χ2n) is 5.02. The van der Waals surface area contributed by atoms with Crippen LogP contribution in [0, 0.1) is 12.7 Å². The van der Waals surface area contributed by atoms with E-state index in [1.54, 1.807) is 11.3 Å². The van der Waals surface area contributed by atoms with Gasteiger partial charge < -0.3 is 10.2 Å². The molecule has 22 heavy (non-hydrogen) atoms. The van der Waals surface area contributed by atoms with Crippen molar-refractivity contribution in [3.63, 3.8) is 0 Å². The number of anilines is 1. The molecule has 0 spiro atoms. The topological polar surface area (TPSA) is 45.2 Å². The van der Waals surface area contributed by atoms with Crippen LogP contribution in [0.15, 0.2) is 23.6 Å². The molecule has 1 heterocycles. The minimum atomic E-state index is -0.535. The van der Waals surface area contributed by atoms with Crippen molar-refractivity contribution >= 4 is 34.5 Å². The van der Waals surface area contributed by atoms with Gasteiger partial charge in [-0.05, 0) is 32.2 Å². The Bertz CT molecular complexity index is 662. The third-order valence-electron chi connectivity index (χ3n) is 3.02. The van der Waals surface area contributed by atoms with Crippen LogP contribution >= 0.6 is 22.9 Å². The van der Waals surface area contributed by atoms with E-state index in [4.69, 9.17) is 11.6 Å². The highest BCUT2D eigenvalue weighted by Gasteiger charge is 2.10. The van der Waals surface area contributed by atoms with E-state index in [0.29, 0.717) is 18.1 Å². The Morgan fingerprint density at radius 1 is 1.50 bits per heavy atom. The summed E-state index contributed by atoms with van der Waals surface area (Å²) in [6, 6.07) is 4.17. The molecular weight excluding hydrogens is 325 g/mol. The van der Waals surface area contributed by atoms with Gasteiger partial charge in [-0.15, -0.1) is 11.3 Å². The molecule has 1 aromatic heterocycles. The lowest BCUT2D eigenvalue weighted by Crippen LogP contribution is -2.24. The number of rotatable bonds is 6. The average Bonchev–Trinajstić information content (AvgIpc) is 2.85. The van der Waals surface area contributed by atoms with Gasteiger partial charge in [0, 0.05) is 29.9 Å². The van der Waals surface area contributed by atoms with Crippen molar-refractivity contribution in [1.82, 2.24) is 9.88 Å². The van der Waals surface area contributed by atoms with Crippen LogP contribution < -0.4 is 5.32 Å². The maximum Gasteiger partial charge on any atom is 0.225 e. The van der Waals surface area contributed by atoms with Crippen molar-refractivity contribution in [1.29, 1.82) is 0 Å². The number of nitrogens with one attached hydrogen (secondary N) is 1. The van der Waals surface area contributed by atoms with E-state index in [0.717, 1.165) is 10.7 Å². The van der Waals surface area contributed by atoms with Crippen LogP contribution in [0.25, 0.3) is 0 Å². The van der Waals surface area contributed by atoms with Gasteiger partial charge in [-0.3, -0.25) is 4.79 Å². The lowest BCUT2D eigenvalue weighted by Gasteiger charge is -2.15. The Kier molecular flexibility index (Phi) is 5.88. The van der Waals surface area contributed by atoms with Gasteiger partial charge >= 0.3 is 0 Å². The zero-order chi connectivity index (χ0) is 16.1. The van der Waals surface area contributed by atoms with E-state index in [-0.39, 0.29) is 18.0 Å². The van der Waals surface area contributed by atoms with Crippen molar-refractivity contribution in [3.8, 4) is 0 Å². The Balaban J connectivity index is 1.79. The molecule has 0 unspecified atom stereocenters. The zero-order valence-electron chi connectivity index (χ0n) is 12.4. The summed E-state index contributed by atoms with van der Waals surface area (Å²) in [6.45, 7) is 3.22. The predicted octanol–water partition coefficient (Wildman–Crippen LogP) is 3.70. The van der Waals surface area contributed by atoms with Crippen LogP contribution in [-0.2, 0) is 11.3 Å². The number of hydrogen-bond donors (Lipinski definition) is 1. The first-order valence-corrected chi connectivity index (χ1v) is 8.04. The summed E-state index contributed by atoms with van der Waals surface area (Å²) in [6.07, 6.45) is 0.279. The van der Waals surface area contributed by atoms with Gasteiger partial charge in [-0.25, -0.2) is 9.37 Å². The number of halogens is 2. The molecule has 4 nitrogen and oxygen atoms in total. The molecule has 1 N–H and O–H groups in total. The molecule has 0 saturated heterocycles. The molecule has 0 aliphatic carbocycles. The van der Waals surface area contributed by atoms with Crippen molar-refractivity contribution < 1.29 is 9.18 Å². The molecule has 118 valence electrons. The lowest BCUT2D eigenvalue weighted by atomic mass is 10.3. The third kappa shape index (κ3) is 5.05. The van der Waals surface area contributed by atoms with E-state index in [2.05, 4.69) is 10.3 Å². The maximum atomic E-state index is 13.6. The molecule has 0 atom stereocenters. The number of benzene rings is 1.